The van der Waals surface area contributed by atoms with E-state index in [1.807, 2.05) is 11.7 Å². The average molecular weight is 265 g/mol. The van der Waals surface area contributed by atoms with E-state index in [-0.39, 0.29) is 0 Å². The zero-order valence-electron chi connectivity index (χ0n) is 13.4. The summed E-state index contributed by atoms with van der Waals surface area (Å²) < 4.78 is 1.96. The van der Waals surface area contributed by atoms with E-state index in [0.717, 1.165) is 18.9 Å². The molecule has 3 heteroatoms. The van der Waals surface area contributed by atoms with Crippen molar-refractivity contribution in [3.8, 4) is 0 Å². The van der Waals surface area contributed by atoms with E-state index in [2.05, 4.69) is 44.3 Å². The van der Waals surface area contributed by atoms with Crippen LogP contribution >= 0.6 is 0 Å². The van der Waals surface area contributed by atoms with Crippen molar-refractivity contribution in [3.63, 3.8) is 0 Å². The van der Waals surface area contributed by atoms with Crippen molar-refractivity contribution in [2.24, 2.45) is 13.0 Å². The topological polar surface area (TPSA) is 29.9 Å². The summed E-state index contributed by atoms with van der Waals surface area (Å²) in [5.74, 6) is 0.768. The van der Waals surface area contributed by atoms with Crippen LogP contribution in [0.3, 0.4) is 0 Å². The van der Waals surface area contributed by atoms with Gasteiger partial charge in [-0.05, 0) is 31.7 Å². The fourth-order valence-corrected chi connectivity index (χ4v) is 2.77. The van der Waals surface area contributed by atoms with Gasteiger partial charge in [0.25, 0.3) is 0 Å². The molecular formula is C16H31N3. The van der Waals surface area contributed by atoms with Crippen molar-refractivity contribution in [2.75, 3.05) is 6.54 Å². The number of hydrogen-bond acceptors (Lipinski definition) is 2. The lowest BCUT2D eigenvalue weighted by Gasteiger charge is -2.22. The summed E-state index contributed by atoms with van der Waals surface area (Å²) in [6.07, 6.45) is 8.20. The van der Waals surface area contributed by atoms with E-state index in [9.17, 15) is 0 Å². The molecule has 2 unspecified atom stereocenters. The molecule has 1 aromatic heterocycles. The summed E-state index contributed by atoms with van der Waals surface area (Å²) in [7, 11) is 2.02. The Bertz CT molecular complexity index is 357. The molecule has 110 valence electrons. The highest BCUT2D eigenvalue weighted by atomic mass is 15.3. The molecule has 2 atom stereocenters. The van der Waals surface area contributed by atoms with Crippen molar-refractivity contribution in [2.45, 2.75) is 65.8 Å². The van der Waals surface area contributed by atoms with Crippen LogP contribution in [0, 0.1) is 5.92 Å². The van der Waals surface area contributed by atoms with Crippen LogP contribution in [0.15, 0.2) is 6.20 Å². The van der Waals surface area contributed by atoms with Gasteiger partial charge in [-0.3, -0.25) is 4.68 Å². The van der Waals surface area contributed by atoms with Crippen LogP contribution in [0.2, 0.25) is 0 Å². The molecule has 1 heterocycles. The lowest BCUT2D eigenvalue weighted by atomic mass is 9.92. The molecule has 0 spiro atoms. The molecule has 0 aliphatic heterocycles. The Morgan fingerprint density at radius 3 is 2.58 bits per heavy atom. The zero-order chi connectivity index (χ0) is 14.3. The molecule has 0 saturated heterocycles. The van der Waals surface area contributed by atoms with Crippen LogP contribution in [0.25, 0.3) is 0 Å². The van der Waals surface area contributed by atoms with Crippen molar-refractivity contribution in [1.82, 2.24) is 15.1 Å². The maximum atomic E-state index is 4.59. The van der Waals surface area contributed by atoms with E-state index in [1.165, 1.54) is 36.9 Å². The Morgan fingerprint density at radius 1 is 1.26 bits per heavy atom. The zero-order valence-corrected chi connectivity index (χ0v) is 13.4. The molecule has 1 N–H and O–H groups in total. The molecular weight excluding hydrogens is 234 g/mol. The smallest absolute Gasteiger partial charge is 0.0669 e. The van der Waals surface area contributed by atoms with E-state index in [1.54, 1.807) is 0 Å². The predicted octanol–water partition coefficient (Wildman–Crippen LogP) is 3.85. The second kappa shape index (κ2) is 8.36. The number of hydrogen-bond donors (Lipinski definition) is 1. The third-order valence-corrected chi connectivity index (χ3v) is 3.71. The molecule has 3 nitrogen and oxygen atoms in total. The minimum absolute atomic E-state index is 0.463. The standard InChI is InChI=1S/C16H31N3/c1-6-9-13(4)11-16(17-10-7-2)14-12-19(5)18-15(14)8-3/h12-13,16-17H,6-11H2,1-5H3. The van der Waals surface area contributed by atoms with Gasteiger partial charge in [0.1, 0.15) is 0 Å². The first kappa shape index (κ1) is 16.2. The summed E-state index contributed by atoms with van der Waals surface area (Å²) in [6.45, 7) is 10.1. The van der Waals surface area contributed by atoms with Crippen LogP contribution in [-0.2, 0) is 13.5 Å². The summed E-state index contributed by atoms with van der Waals surface area (Å²) in [6, 6.07) is 0.463. The number of nitrogens with zero attached hydrogens (tertiary/aromatic N) is 2. The molecule has 0 radical (unpaired) electrons. The Kier molecular flexibility index (Phi) is 7.14. The second-order valence-electron chi connectivity index (χ2n) is 5.69. The summed E-state index contributed by atoms with van der Waals surface area (Å²) in [5, 5.41) is 8.30. The molecule has 0 amide bonds. The molecule has 0 bridgehead atoms. The molecule has 1 aromatic rings. The number of aromatic nitrogens is 2. The van der Waals surface area contributed by atoms with Gasteiger partial charge >= 0.3 is 0 Å². The molecule has 0 aliphatic rings. The molecule has 0 fully saturated rings. The van der Waals surface area contributed by atoms with Crippen molar-refractivity contribution in [3.05, 3.63) is 17.5 Å². The van der Waals surface area contributed by atoms with E-state index in [4.69, 9.17) is 0 Å². The predicted molar refractivity (Wildman–Crippen MR) is 82.3 cm³/mol. The molecule has 0 aliphatic carbocycles. The monoisotopic (exact) mass is 265 g/mol. The van der Waals surface area contributed by atoms with E-state index >= 15 is 0 Å². The average Bonchev–Trinajstić information content (AvgIpc) is 2.76. The Balaban J connectivity index is 2.82. The van der Waals surface area contributed by atoms with Gasteiger partial charge in [-0.1, -0.05) is 40.5 Å². The highest BCUT2D eigenvalue weighted by Gasteiger charge is 2.19. The van der Waals surface area contributed by atoms with Crippen molar-refractivity contribution < 1.29 is 0 Å². The quantitative estimate of drug-likeness (QED) is 0.735. The van der Waals surface area contributed by atoms with Crippen LogP contribution in [0.4, 0.5) is 0 Å². The van der Waals surface area contributed by atoms with Gasteiger partial charge in [-0.15, -0.1) is 0 Å². The minimum atomic E-state index is 0.463. The Labute approximate surface area is 118 Å². The highest BCUT2D eigenvalue weighted by molar-refractivity contribution is 5.21. The molecule has 1 rings (SSSR count). The van der Waals surface area contributed by atoms with E-state index < -0.39 is 0 Å². The third kappa shape index (κ3) is 4.98. The van der Waals surface area contributed by atoms with Gasteiger partial charge in [0.2, 0.25) is 0 Å². The second-order valence-corrected chi connectivity index (χ2v) is 5.69. The number of aryl methyl sites for hydroxylation is 2. The van der Waals surface area contributed by atoms with Gasteiger partial charge in [0.15, 0.2) is 0 Å². The van der Waals surface area contributed by atoms with Gasteiger partial charge in [-0.25, -0.2) is 0 Å². The van der Waals surface area contributed by atoms with Crippen molar-refractivity contribution >= 4 is 0 Å². The summed E-state index contributed by atoms with van der Waals surface area (Å²) in [4.78, 5) is 0. The number of rotatable bonds is 9. The van der Waals surface area contributed by atoms with Gasteiger partial charge in [-0.2, -0.15) is 5.10 Å². The first-order chi connectivity index (χ1) is 9.12. The van der Waals surface area contributed by atoms with Gasteiger partial charge < -0.3 is 5.32 Å². The van der Waals surface area contributed by atoms with Gasteiger partial charge in [0, 0.05) is 24.8 Å². The van der Waals surface area contributed by atoms with Crippen LogP contribution < -0.4 is 5.32 Å². The maximum absolute atomic E-state index is 4.59. The number of nitrogens with one attached hydrogen (secondary N) is 1. The normalized spacial score (nSPS) is 14.6. The first-order valence-corrected chi connectivity index (χ1v) is 7.88. The summed E-state index contributed by atoms with van der Waals surface area (Å²) >= 11 is 0. The Morgan fingerprint density at radius 2 is 2.00 bits per heavy atom. The highest BCUT2D eigenvalue weighted by Crippen LogP contribution is 2.26. The van der Waals surface area contributed by atoms with Crippen molar-refractivity contribution in [1.29, 1.82) is 0 Å². The molecule has 0 saturated carbocycles. The summed E-state index contributed by atoms with van der Waals surface area (Å²) in [5.41, 5.74) is 2.65. The fourth-order valence-electron chi connectivity index (χ4n) is 2.77. The first-order valence-electron chi connectivity index (χ1n) is 7.88. The minimum Gasteiger partial charge on any atom is -0.310 e. The van der Waals surface area contributed by atoms with Crippen LogP contribution in [-0.4, -0.2) is 16.3 Å². The van der Waals surface area contributed by atoms with Gasteiger partial charge in [0.05, 0.1) is 5.69 Å². The maximum Gasteiger partial charge on any atom is 0.0669 e. The third-order valence-electron chi connectivity index (χ3n) is 3.71. The lowest BCUT2D eigenvalue weighted by Crippen LogP contribution is -2.24. The Hall–Kier alpha value is -0.830. The lowest BCUT2D eigenvalue weighted by molar-refractivity contribution is 0.389. The molecule has 0 aromatic carbocycles. The molecule has 19 heavy (non-hydrogen) atoms. The fraction of sp³-hybridized carbons (Fsp3) is 0.812. The SMILES string of the molecule is CCCNC(CC(C)CCC)c1cn(C)nc1CC. The van der Waals surface area contributed by atoms with Crippen LogP contribution in [0.5, 0.6) is 0 Å². The van der Waals surface area contributed by atoms with Crippen LogP contribution in [0.1, 0.15) is 70.7 Å². The van der Waals surface area contributed by atoms with E-state index in [0.29, 0.717) is 6.04 Å². The largest absolute Gasteiger partial charge is 0.310 e.